The topological polar surface area (TPSA) is 46.2 Å². The zero-order chi connectivity index (χ0) is 10.9. The van der Waals surface area contributed by atoms with Crippen LogP contribution in [0.5, 0.6) is 0 Å². The van der Waals surface area contributed by atoms with Crippen LogP contribution in [-0.4, -0.2) is 16.7 Å². The Balaban J connectivity index is 2.00. The first kappa shape index (κ1) is 11.4. The first-order valence-corrected chi connectivity index (χ1v) is 6.58. The second-order valence-electron chi connectivity index (χ2n) is 5.93. The minimum atomic E-state index is -0.424. The molecule has 2 rings (SSSR count). The molecule has 0 aromatic heterocycles. The summed E-state index contributed by atoms with van der Waals surface area (Å²) in [7, 11) is 0. The molecule has 2 saturated carbocycles. The van der Waals surface area contributed by atoms with Gasteiger partial charge in [0, 0.05) is 6.04 Å². The van der Waals surface area contributed by atoms with E-state index in [-0.39, 0.29) is 6.04 Å². The van der Waals surface area contributed by atoms with E-state index in [0.29, 0.717) is 5.92 Å². The standard InChI is InChI=1S/C13H25NO/c1-10-4-2-5-11(8-10)13(15)7-3-6-12(14)9-13/h10-12,15H,2-9,14H2,1H3. The van der Waals surface area contributed by atoms with E-state index >= 15 is 0 Å². The SMILES string of the molecule is CC1CCCC(C2(O)CCCC(N)C2)C1. The lowest BCUT2D eigenvalue weighted by molar-refractivity contribution is -0.0714. The molecule has 3 N–H and O–H groups in total. The number of aliphatic hydroxyl groups is 1. The van der Waals surface area contributed by atoms with Crippen LogP contribution < -0.4 is 5.73 Å². The van der Waals surface area contributed by atoms with E-state index in [4.69, 9.17) is 5.73 Å². The third kappa shape index (κ3) is 2.54. The van der Waals surface area contributed by atoms with E-state index in [2.05, 4.69) is 6.92 Å². The van der Waals surface area contributed by atoms with Gasteiger partial charge in [0.15, 0.2) is 0 Å². The van der Waals surface area contributed by atoms with Gasteiger partial charge >= 0.3 is 0 Å². The van der Waals surface area contributed by atoms with Gasteiger partial charge in [0.2, 0.25) is 0 Å². The molecule has 88 valence electrons. The van der Waals surface area contributed by atoms with Crippen molar-refractivity contribution in [3.8, 4) is 0 Å². The Labute approximate surface area is 93.2 Å². The van der Waals surface area contributed by atoms with Crippen molar-refractivity contribution in [2.45, 2.75) is 69.9 Å². The van der Waals surface area contributed by atoms with Crippen molar-refractivity contribution in [1.82, 2.24) is 0 Å². The van der Waals surface area contributed by atoms with Gasteiger partial charge in [-0.15, -0.1) is 0 Å². The fourth-order valence-electron chi connectivity index (χ4n) is 3.62. The molecule has 0 amide bonds. The van der Waals surface area contributed by atoms with Gasteiger partial charge in [-0.05, 0) is 50.4 Å². The summed E-state index contributed by atoms with van der Waals surface area (Å²) >= 11 is 0. The normalized spacial score (nSPS) is 47.8. The van der Waals surface area contributed by atoms with Crippen molar-refractivity contribution in [3.05, 3.63) is 0 Å². The van der Waals surface area contributed by atoms with Crippen molar-refractivity contribution < 1.29 is 5.11 Å². The second-order valence-corrected chi connectivity index (χ2v) is 5.93. The van der Waals surface area contributed by atoms with E-state index in [1.807, 2.05) is 0 Å². The average Bonchev–Trinajstić information content (AvgIpc) is 2.17. The van der Waals surface area contributed by atoms with Gasteiger partial charge in [-0.3, -0.25) is 0 Å². The molecule has 4 atom stereocenters. The third-order valence-electron chi connectivity index (χ3n) is 4.50. The Kier molecular flexibility index (Phi) is 3.36. The summed E-state index contributed by atoms with van der Waals surface area (Å²) in [5.41, 5.74) is 5.57. The molecule has 0 aromatic carbocycles. The van der Waals surface area contributed by atoms with Crippen LogP contribution in [0.25, 0.3) is 0 Å². The molecule has 2 aliphatic rings. The summed E-state index contributed by atoms with van der Waals surface area (Å²) < 4.78 is 0. The number of hydrogen-bond donors (Lipinski definition) is 2. The minimum Gasteiger partial charge on any atom is -0.390 e. The summed E-state index contributed by atoms with van der Waals surface area (Å²) in [4.78, 5) is 0. The summed E-state index contributed by atoms with van der Waals surface area (Å²) in [5, 5.41) is 10.7. The number of hydrogen-bond acceptors (Lipinski definition) is 2. The van der Waals surface area contributed by atoms with E-state index in [1.54, 1.807) is 0 Å². The Hall–Kier alpha value is -0.0800. The maximum absolute atomic E-state index is 10.7. The van der Waals surface area contributed by atoms with Crippen molar-refractivity contribution in [2.24, 2.45) is 17.6 Å². The lowest BCUT2D eigenvalue weighted by Gasteiger charge is -2.44. The van der Waals surface area contributed by atoms with Crippen LogP contribution in [0, 0.1) is 11.8 Å². The highest BCUT2D eigenvalue weighted by molar-refractivity contribution is 4.94. The highest BCUT2D eigenvalue weighted by Gasteiger charge is 2.41. The Morgan fingerprint density at radius 2 is 2.00 bits per heavy atom. The van der Waals surface area contributed by atoms with E-state index in [9.17, 15) is 5.11 Å². The van der Waals surface area contributed by atoms with Crippen molar-refractivity contribution in [2.75, 3.05) is 0 Å². The first-order chi connectivity index (χ1) is 7.10. The minimum absolute atomic E-state index is 0.237. The predicted molar refractivity (Wildman–Crippen MR) is 62.5 cm³/mol. The van der Waals surface area contributed by atoms with Gasteiger partial charge in [-0.1, -0.05) is 19.8 Å². The van der Waals surface area contributed by atoms with Gasteiger partial charge in [0.05, 0.1) is 5.60 Å². The van der Waals surface area contributed by atoms with Crippen molar-refractivity contribution in [3.63, 3.8) is 0 Å². The second kappa shape index (κ2) is 4.42. The molecular weight excluding hydrogens is 186 g/mol. The summed E-state index contributed by atoms with van der Waals surface area (Å²) in [5.74, 6) is 1.32. The van der Waals surface area contributed by atoms with Crippen molar-refractivity contribution in [1.29, 1.82) is 0 Å². The van der Waals surface area contributed by atoms with E-state index in [1.165, 1.54) is 25.7 Å². The molecule has 2 fully saturated rings. The first-order valence-electron chi connectivity index (χ1n) is 6.58. The number of rotatable bonds is 1. The smallest absolute Gasteiger partial charge is 0.0690 e. The Morgan fingerprint density at radius 3 is 2.67 bits per heavy atom. The van der Waals surface area contributed by atoms with Crippen LogP contribution in [-0.2, 0) is 0 Å². The molecule has 2 heteroatoms. The van der Waals surface area contributed by atoms with Crippen LogP contribution in [0.3, 0.4) is 0 Å². The highest BCUT2D eigenvalue weighted by Crippen LogP contribution is 2.42. The fraction of sp³-hybridized carbons (Fsp3) is 1.00. The summed E-state index contributed by atoms with van der Waals surface area (Å²) in [6.07, 6.45) is 9.11. The Bertz CT molecular complexity index is 219. The predicted octanol–water partition coefficient (Wildman–Crippen LogP) is 2.45. The zero-order valence-electron chi connectivity index (χ0n) is 9.91. The molecule has 0 radical (unpaired) electrons. The summed E-state index contributed by atoms with van der Waals surface area (Å²) in [6.45, 7) is 2.32. The lowest BCUT2D eigenvalue weighted by Crippen LogP contribution is -2.47. The maximum Gasteiger partial charge on any atom is 0.0690 e. The molecule has 15 heavy (non-hydrogen) atoms. The molecule has 0 saturated heterocycles. The molecule has 0 aromatic rings. The maximum atomic E-state index is 10.7. The molecule has 0 aliphatic heterocycles. The molecular formula is C13H25NO. The van der Waals surface area contributed by atoms with Crippen LogP contribution in [0.15, 0.2) is 0 Å². The molecule has 0 spiro atoms. The van der Waals surface area contributed by atoms with Gasteiger partial charge in [0.1, 0.15) is 0 Å². The van der Waals surface area contributed by atoms with E-state index < -0.39 is 5.60 Å². The molecule has 0 heterocycles. The average molecular weight is 211 g/mol. The molecule has 0 bridgehead atoms. The van der Waals surface area contributed by atoms with Gasteiger partial charge < -0.3 is 10.8 Å². The van der Waals surface area contributed by atoms with E-state index in [0.717, 1.165) is 31.6 Å². The zero-order valence-corrected chi connectivity index (χ0v) is 9.91. The molecule has 2 nitrogen and oxygen atoms in total. The van der Waals surface area contributed by atoms with Crippen LogP contribution >= 0.6 is 0 Å². The van der Waals surface area contributed by atoms with Crippen LogP contribution in [0.2, 0.25) is 0 Å². The van der Waals surface area contributed by atoms with Gasteiger partial charge in [-0.25, -0.2) is 0 Å². The summed E-state index contributed by atoms with van der Waals surface area (Å²) in [6, 6.07) is 0.237. The monoisotopic (exact) mass is 211 g/mol. The third-order valence-corrected chi connectivity index (χ3v) is 4.50. The van der Waals surface area contributed by atoms with Crippen molar-refractivity contribution >= 4 is 0 Å². The largest absolute Gasteiger partial charge is 0.390 e. The van der Waals surface area contributed by atoms with Crippen LogP contribution in [0.4, 0.5) is 0 Å². The quantitative estimate of drug-likeness (QED) is 0.700. The Morgan fingerprint density at radius 1 is 1.20 bits per heavy atom. The van der Waals surface area contributed by atoms with Gasteiger partial charge in [-0.2, -0.15) is 0 Å². The highest BCUT2D eigenvalue weighted by atomic mass is 16.3. The number of nitrogens with two attached hydrogens (primary N) is 1. The van der Waals surface area contributed by atoms with Crippen LogP contribution in [0.1, 0.15) is 58.3 Å². The van der Waals surface area contributed by atoms with Gasteiger partial charge in [0.25, 0.3) is 0 Å². The lowest BCUT2D eigenvalue weighted by atomic mass is 9.67. The molecule has 2 aliphatic carbocycles. The molecule has 4 unspecified atom stereocenters. The fourth-order valence-corrected chi connectivity index (χ4v) is 3.62.